The molecule has 1 aromatic carbocycles. The fourth-order valence-electron chi connectivity index (χ4n) is 2.45. The average Bonchev–Trinajstić information content (AvgIpc) is 2.89. The van der Waals surface area contributed by atoms with Gasteiger partial charge in [0.05, 0.1) is 5.92 Å². The van der Waals surface area contributed by atoms with Crippen LogP contribution >= 0.6 is 15.9 Å². The lowest BCUT2D eigenvalue weighted by Gasteiger charge is -2.11. The number of hydrogen-bond donors (Lipinski definition) is 2. The first-order valence-electron chi connectivity index (χ1n) is 6.42. The van der Waals surface area contributed by atoms with Crippen LogP contribution in [0.4, 0.5) is 4.39 Å². The number of carbonyl (C=O) groups excluding carboxylic acids is 1. The minimum atomic E-state index is -0.840. The number of amides is 1. The van der Waals surface area contributed by atoms with Crippen molar-refractivity contribution in [3.63, 3.8) is 0 Å². The van der Waals surface area contributed by atoms with Crippen molar-refractivity contribution < 1.29 is 19.1 Å². The first kappa shape index (κ1) is 15.0. The predicted molar refractivity (Wildman–Crippen MR) is 74.4 cm³/mol. The lowest BCUT2D eigenvalue weighted by Crippen LogP contribution is -2.29. The second-order valence-corrected chi connectivity index (χ2v) is 5.85. The van der Waals surface area contributed by atoms with Crippen LogP contribution in [0.25, 0.3) is 0 Å². The Hall–Kier alpha value is -1.43. The summed E-state index contributed by atoms with van der Waals surface area (Å²) in [4.78, 5) is 22.8. The van der Waals surface area contributed by atoms with Gasteiger partial charge in [0.2, 0.25) is 5.91 Å². The first-order chi connectivity index (χ1) is 9.47. The monoisotopic (exact) mass is 343 g/mol. The molecule has 2 atom stereocenters. The van der Waals surface area contributed by atoms with Crippen LogP contribution in [-0.2, 0) is 16.1 Å². The van der Waals surface area contributed by atoms with Crippen LogP contribution in [-0.4, -0.2) is 17.0 Å². The van der Waals surface area contributed by atoms with E-state index in [4.69, 9.17) is 5.11 Å². The summed E-state index contributed by atoms with van der Waals surface area (Å²) in [5, 5.41) is 11.6. The van der Waals surface area contributed by atoms with E-state index in [1.54, 1.807) is 6.07 Å². The first-order valence-corrected chi connectivity index (χ1v) is 7.21. The Kier molecular flexibility index (Phi) is 4.75. The number of nitrogens with one attached hydrogen (secondary N) is 1. The van der Waals surface area contributed by atoms with Gasteiger partial charge in [-0.1, -0.05) is 15.9 Å². The fraction of sp³-hybridized carbons (Fsp3) is 0.429. The highest BCUT2D eigenvalue weighted by molar-refractivity contribution is 9.10. The van der Waals surface area contributed by atoms with E-state index in [0.717, 1.165) is 4.47 Å². The normalized spacial score (nSPS) is 21.7. The maximum absolute atomic E-state index is 13.1. The van der Waals surface area contributed by atoms with Gasteiger partial charge in [-0.05, 0) is 43.0 Å². The zero-order valence-electron chi connectivity index (χ0n) is 10.7. The molecule has 108 valence electrons. The Morgan fingerprint density at radius 3 is 2.70 bits per heavy atom. The molecule has 1 aliphatic carbocycles. The van der Waals surface area contributed by atoms with Gasteiger partial charge in [-0.25, -0.2) is 4.39 Å². The van der Waals surface area contributed by atoms with Gasteiger partial charge >= 0.3 is 5.97 Å². The van der Waals surface area contributed by atoms with E-state index in [0.29, 0.717) is 24.8 Å². The molecule has 0 radical (unpaired) electrons. The van der Waals surface area contributed by atoms with Crippen molar-refractivity contribution in [2.24, 2.45) is 11.8 Å². The molecule has 2 rings (SSSR count). The van der Waals surface area contributed by atoms with Crippen molar-refractivity contribution in [2.75, 3.05) is 0 Å². The summed E-state index contributed by atoms with van der Waals surface area (Å²) in [6, 6.07) is 4.29. The Bertz CT molecular complexity index is 535. The van der Waals surface area contributed by atoms with Crippen molar-refractivity contribution in [3.05, 3.63) is 34.1 Å². The standard InChI is InChI=1S/C14H15BrFNO3/c15-12-4-3-11(16)6-10(12)7-17-13(18)8-1-2-9(5-8)14(19)20/h3-4,6,8-9H,1-2,5,7H2,(H,17,18)(H,19,20). The second kappa shape index (κ2) is 6.35. The number of benzene rings is 1. The molecule has 0 aliphatic heterocycles. The van der Waals surface area contributed by atoms with Crippen molar-refractivity contribution in [1.82, 2.24) is 5.32 Å². The molecule has 2 unspecified atom stereocenters. The Morgan fingerprint density at radius 2 is 2.05 bits per heavy atom. The third kappa shape index (κ3) is 3.56. The van der Waals surface area contributed by atoms with Gasteiger partial charge in [0, 0.05) is 16.9 Å². The van der Waals surface area contributed by atoms with Crippen LogP contribution < -0.4 is 5.32 Å². The Labute approximate surface area is 124 Å². The minimum Gasteiger partial charge on any atom is -0.481 e. The molecule has 0 spiro atoms. The molecule has 0 bridgehead atoms. The molecule has 6 heteroatoms. The summed E-state index contributed by atoms with van der Waals surface area (Å²) < 4.78 is 13.8. The van der Waals surface area contributed by atoms with E-state index in [1.807, 2.05) is 0 Å². The van der Waals surface area contributed by atoms with Crippen molar-refractivity contribution in [1.29, 1.82) is 0 Å². The maximum atomic E-state index is 13.1. The molecule has 2 N–H and O–H groups in total. The maximum Gasteiger partial charge on any atom is 0.306 e. The number of rotatable bonds is 4. The van der Waals surface area contributed by atoms with Crippen LogP contribution in [0.1, 0.15) is 24.8 Å². The van der Waals surface area contributed by atoms with Gasteiger partial charge in [-0.2, -0.15) is 0 Å². The lowest BCUT2D eigenvalue weighted by atomic mass is 10.0. The van der Waals surface area contributed by atoms with Gasteiger partial charge in [0.15, 0.2) is 0 Å². The summed E-state index contributed by atoms with van der Waals surface area (Å²) in [6.07, 6.45) is 1.51. The zero-order valence-corrected chi connectivity index (χ0v) is 12.3. The Balaban J connectivity index is 1.90. The van der Waals surface area contributed by atoms with Crippen LogP contribution in [0.3, 0.4) is 0 Å². The number of carboxylic acids is 1. The molecule has 1 amide bonds. The molecular formula is C14H15BrFNO3. The number of carbonyl (C=O) groups is 2. The van der Waals surface area contributed by atoms with Gasteiger partial charge in [-0.15, -0.1) is 0 Å². The molecule has 4 nitrogen and oxygen atoms in total. The van der Waals surface area contributed by atoms with Gasteiger partial charge in [-0.3, -0.25) is 9.59 Å². The van der Waals surface area contributed by atoms with E-state index in [1.165, 1.54) is 12.1 Å². The molecule has 0 aromatic heterocycles. The van der Waals surface area contributed by atoms with Gasteiger partial charge in [0.25, 0.3) is 0 Å². The third-order valence-electron chi connectivity index (χ3n) is 3.61. The summed E-state index contributed by atoms with van der Waals surface area (Å²) >= 11 is 3.30. The van der Waals surface area contributed by atoms with Gasteiger partial charge in [0.1, 0.15) is 5.82 Å². The molecular weight excluding hydrogens is 329 g/mol. The number of aliphatic carboxylic acids is 1. The fourth-order valence-corrected chi connectivity index (χ4v) is 2.84. The molecule has 1 aromatic rings. The molecule has 0 saturated heterocycles. The highest BCUT2D eigenvalue weighted by Gasteiger charge is 2.33. The molecule has 1 aliphatic rings. The summed E-state index contributed by atoms with van der Waals surface area (Å²) in [7, 11) is 0. The third-order valence-corrected chi connectivity index (χ3v) is 4.39. The minimum absolute atomic E-state index is 0.162. The molecule has 20 heavy (non-hydrogen) atoms. The highest BCUT2D eigenvalue weighted by Crippen LogP contribution is 2.31. The SMILES string of the molecule is O=C(O)C1CCC(C(=O)NCc2cc(F)ccc2Br)C1. The van der Waals surface area contributed by atoms with E-state index >= 15 is 0 Å². The quantitative estimate of drug-likeness (QED) is 0.883. The van der Waals surface area contributed by atoms with Crippen LogP contribution in [0.5, 0.6) is 0 Å². The summed E-state index contributed by atoms with van der Waals surface area (Å²) in [6.45, 7) is 0.228. The largest absolute Gasteiger partial charge is 0.481 e. The van der Waals surface area contributed by atoms with Crippen molar-refractivity contribution in [3.8, 4) is 0 Å². The van der Waals surface area contributed by atoms with Crippen LogP contribution in [0, 0.1) is 17.7 Å². The van der Waals surface area contributed by atoms with E-state index in [2.05, 4.69) is 21.2 Å². The van der Waals surface area contributed by atoms with Crippen molar-refractivity contribution >= 4 is 27.8 Å². The smallest absolute Gasteiger partial charge is 0.306 e. The molecule has 1 fully saturated rings. The molecule has 1 saturated carbocycles. The highest BCUT2D eigenvalue weighted by atomic mass is 79.9. The van der Waals surface area contributed by atoms with Crippen LogP contribution in [0.15, 0.2) is 22.7 Å². The summed E-state index contributed by atoms with van der Waals surface area (Å²) in [5.74, 6) is -2.04. The Morgan fingerprint density at radius 1 is 1.35 bits per heavy atom. The van der Waals surface area contributed by atoms with E-state index in [-0.39, 0.29) is 24.2 Å². The van der Waals surface area contributed by atoms with E-state index < -0.39 is 11.9 Å². The topological polar surface area (TPSA) is 66.4 Å². The number of carboxylic acid groups (broad SMARTS) is 1. The van der Waals surface area contributed by atoms with Crippen molar-refractivity contribution in [2.45, 2.75) is 25.8 Å². The lowest BCUT2D eigenvalue weighted by molar-refractivity contribution is -0.141. The number of halogens is 2. The van der Waals surface area contributed by atoms with Gasteiger partial charge < -0.3 is 10.4 Å². The molecule has 0 heterocycles. The second-order valence-electron chi connectivity index (χ2n) is 5.00. The average molecular weight is 344 g/mol. The number of hydrogen-bond acceptors (Lipinski definition) is 2. The van der Waals surface area contributed by atoms with E-state index in [9.17, 15) is 14.0 Å². The zero-order chi connectivity index (χ0) is 14.7. The summed E-state index contributed by atoms with van der Waals surface area (Å²) in [5.41, 5.74) is 0.658. The predicted octanol–water partition coefficient (Wildman–Crippen LogP) is 2.71. The van der Waals surface area contributed by atoms with Crippen LogP contribution in [0.2, 0.25) is 0 Å².